The molecule has 0 fully saturated rings. The summed E-state index contributed by atoms with van der Waals surface area (Å²) >= 11 is 0. The van der Waals surface area contributed by atoms with E-state index in [1.807, 2.05) is 20.8 Å². The van der Waals surface area contributed by atoms with Crippen LogP contribution in [0.3, 0.4) is 0 Å². The highest BCUT2D eigenvalue weighted by molar-refractivity contribution is 5.92. The Bertz CT molecular complexity index is 463. The molecule has 0 aliphatic carbocycles. The van der Waals surface area contributed by atoms with E-state index in [0.29, 0.717) is 5.69 Å². The maximum Gasteiger partial charge on any atom is 0.227 e. The Balaban J connectivity index is 2.83. The molecule has 4 heteroatoms. The monoisotopic (exact) mass is 234 g/mol. The lowest BCUT2D eigenvalue weighted by atomic mass is 9.97. The number of hydrogen-bond acceptors (Lipinski definition) is 2. The summed E-state index contributed by atoms with van der Waals surface area (Å²) in [5.41, 5.74) is 0.375. The smallest absolute Gasteiger partial charge is 0.227 e. The predicted molar refractivity (Wildman–Crippen MR) is 63.7 cm³/mol. The van der Waals surface area contributed by atoms with Crippen LogP contribution in [0.5, 0.6) is 0 Å². The van der Waals surface area contributed by atoms with Gasteiger partial charge < -0.3 is 5.32 Å². The van der Waals surface area contributed by atoms with Crippen molar-refractivity contribution in [2.24, 2.45) is 11.8 Å². The second-order valence-corrected chi connectivity index (χ2v) is 4.33. The second-order valence-electron chi connectivity index (χ2n) is 4.33. The lowest BCUT2D eigenvalue weighted by Crippen LogP contribution is -2.24. The number of rotatable bonds is 3. The van der Waals surface area contributed by atoms with Gasteiger partial charge in [0.1, 0.15) is 11.9 Å². The van der Waals surface area contributed by atoms with Crippen molar-refractivity contribution >= 4 is 11.6 Å². The third-order valence-corrected chi connectivity index (χ3v) is 2.77. The highest BCUT2D eigenvalue weighted by Gasteiger charge is 2.16. The first-order chi connectivity index (χ1) is 7.95. The molecule has 1 amide bonds. The predicted octanol–water partition coefficient (Wildman–Crippen LogP) is 2.93. The number of anilines is 1. The first-order valence-electron chi connectivity index (χ1n) is 5.46. The number of carbonyl (C=O) groups is 1. The van der Waals surface area contributed by atoms with Crippen LogP contribution in [0.15, 0.2) is 18.2 Å². The van der Waals surface area contributed by atoms with Crippen molar-refractivity contribution in [1.82, 2.24) is 0 Å². The van der Waals surface area contributed by atoms with Crippen LogP contribution in [-0.2, 0) is 4.79 Å². The Kier molecular flexibility index (Phi) is 4.22. The number of carbonyl (C=O) groups excluding carboxylic acids is 1. The lowest BCUT2D eigenvalue weighted by Gasteiger charge is -2.15. The molecule has 0 saturated carbocycles. The number of hydrogen-bond donors (Lipinski definition) is 1. The van der Waals surface area contributed by atoms with E-state index in [1.54, 1.807) is 6.07 Å². The maximum absolute atomic E-state index is 13.1. The Morgan fingerprint density at radius 3 is 2.59 bits per heavy atom. The first-order valence-corrected chi connectivity index (χ1v) is 5.46. The Morgan fingerprint density at radius 1 is 1.41 bits per heavy atom. The van der Waals surface area contributed by atoms with Gasteiger partial charge in [0, 0.05) is 11.6 Å². The number of benzene rings is 1. The van der Waals surface area contributed by atoms with Crippen LogP contribution >= 0.6 is 0 Å². The van der Waals surface area contributed by atoms with Gasteiger partial charge in [0.2, 0.25) is 5.91 Å². The molecule has 90 valence electrons. The highest BCUT2D eigenvalue weighted by Crippen LogP contribution is 2.17. The number of halogens is 1. The average molecular weight is 234 g/mol. The summed E-state index contributed by atoms with van der Waals surface area (Å²) in [6.07, 6.45) is 0. The van der Waals surface area contributed by atoms with E-state index in [1.165, 1.54) is 18.2 Å². The zero-order valence-corrected chi connectivity index (χ0v) is 10.1. The Hall–Kier alpha value is -1.89. The molecule has 1 rings (SSSR count). The molecule has 0 bridgehead atoms. The number of nitrogens with zero attached hydrogens (tertiary/aromatic N) is 1. The quantitative estimate of drug-likeness (QED) is 0.874. The van der Waals surface area contributed by atoms with Crippen LogP contribution in [0, 0.1) is 29.0 Å². The standard InChI is InChI=1S/C13H15FN2O/c1-8(2)9(3)13(17)16-11-4-5-12(14)10(6-11)7-15/h4-6,8-9H,1-3H3,(H,16,17). The molecule has 0 heterocycles. The summed E-state index contributed by atoms with van der Waals surface area (Å²) in [6, 6.07) is 5.69. The van der Waals surface area contributed by atoms with Crippen LogP contribution in [0.4, 0.5) is 10.1 Å². The van der Waals surface area contributed by atoms with Gasteiger partial charge in [-0.1, -0.05) is 20.8 Å². The molecule has 1 atom stereocenters. The molecule has 0 aromatic heterocycles. The molecule has 0 radical (unpaired) electrons. The largest absolute Gasteiger partial charge is 0.326 e. The average Bonchev–Trinajstić information content (AvgIpc) is 2.30. The minimum absolute atomic E-state index is 0.0694. The number of nitrogens with one attached hydrogen (secondary N) is 1. The molecule has 1 aromatic carbocycles. The van der Waals surface area contributed by atoms with Crippen LogP contribution in [-0.4, -0.2) is 5.91 Å². The molecule has 17 heavy (non-hydrogen) atoms. The molecule has 3 nitrogen and oxygen atoms in total. The van der Waals surface area contributed by atoms with Crippen LogP contribution in [0.2, 0.25) is 0 Å². The van der Waals surface area contributed by atoms with Crippen LogP contribution < -0.4 is 5.32 Å². The molecule has 0 aliphatic heterocycles. The number of nitriles is 1. The minimum Gasteiger partial charge on any atom is -0.326 e. The topological polar surface area (TPSA) is 52.9 Å². The summed E-state index contributed by atoms with van der Waals surface area (Å²) in [7, 11) is 0. The summed E-state index contributed by atoms with van der Waals surface area (Å²) in [6.45, 7) is 5.74. The normalized spacial score (nSPS) is 12.0. The van der Waals surface area contributed by atoms with Gasteiger partial charge in [-0.2, -0.15) is 5.26 Å². The van der Waals surface area contributed by atoms with E-state index in [9.17, 15) is 9.18 Å². The summed E-state index contributed by atoms with van der Waals surface area (Å²) in [5, 5.41) is 11.3. The van der Waals surface area contributed by atoms with Crippen molar-refractivity contribution in [2.45, 2.75) is 20.8 Å². The summed E-state index contributed by atoms with van der Waals surface area (Å²) in [5.74, 6) is -0.616. The van der Waals surface area contributed by atoms with E-state index in [2.05, 4.69) is 5.32 Å². The van der Waals surface area contributed by atoms with Crippen molar-refractivity contribution in [1.29, 1.82) is 5.26 Å². The molecule has 1 N–H and O–H groups in total. The fourth-order valence-electron chi connectivity index (χ4n) is 1.25. The van der Waals surface area contributed by atoms with E-state index in [-0.39, 0.29) is 23.3 Å². The lowest BCUT2D eigenvalue weighted by molar-refractivity contribution is -0.120. The second kappa shape index (κ2) is 5.44. The van der Waals surface area contributed by atoms with Gasteiger partial charge in [-0.3, -0.25) is 4.79 Å². The third kappa shape index (κ3) is 3.28. The molecular weight excluding hydrogens is 219 g/mol. The maximum atomic E-state index is 13.1. The van der Waals surface area contributed by atoms with Crippen molar-refractivity contribution in [3.63, 3.8) is 0 Å². The fourth-order valence-corrected chi connectivity index (χ4v) is 1.25. The Morgan fingerprint density at radius 2 is 2.06 bits per heavy atom. The van der Waals surface area contributed by atoms with Gasteiger partial charge in [0.25, 0.3) is 0 Å². The van der Waals surface area contributed by atoms with Crippen LogP contribution in [0.1, 0.15) is 26.3 Å². The van der Waals surface area contributed by atoms with E-state index < -0.39 is 5.82 Å². The molecular formula is C13H15FN2O. The summed E-state index contributed by atoms with van der Waals surface area (Å²) < 4.78 is 13.1. The zero-order chi connectivity index (χ0) is 13.0. The molecule has 0 aliphatic rings. The van der Waals surface area contributed by atoms with Gasteiger partial charge in [-0.15, -0.1) is 0 Å². The van der Waals surface area contributed by atoms with Gasteiger partial charge >= 0.3 is 0 Å². The van der Waals surface area contributed by atoms with E-state index >= 15 is 0 Å². The SMILES string of the molecule is CC(C)C(C)C(=O)Nc1ccc(F)c(C#N)c1. The molecule has 0 spiro atoms. The molecule has 1 unspecified atom stereocenters. The van der Waals surface area contributed by atoms with Crippen molar-refractivity contribution in [3.8, 4) is 6.07 Å². The van der Waals surface area contributed by atoms with E-state index in [0.717, 1.165) is 0 Å². The van der Waals surface area contributed by atoms with E-state index in [4.69, 9.17) is 5.26 Å². The fraction of sp³-hybridized carbons (Fsp3) is 0.385. The van der Waals surface area contributed by atoms with Gasteiger partial charge in [-0.25, -0.2) is 4.39 Å². The van der Waals surface area contributed by atoms with Gasteiger partial charge in [0.05, 0.1) is 5.56 Å². The summed E-state index contributed by atoms with van der Waals surface area (Å²) in [4.78, 5) is 11.8. The van der Waals surface area contributed by atoms with Crippen molar-refractivity contribution in [2.75, 3.05) is 5.32 Å². The Labute approximate surface area is 100 Å². The van der Waals surface area contributed by atoms with Gasteiger partial charge in [-0.05, 0) is 24.1 Å². The highest BCUT2D eigenvalue weighted by atomic mass is 19.1. The third-order valence-electron chi connectivity index (χ3n) is 2.77. The van der Waals surface area contributed by atoms with Crippen molar-refractivity contribution < 1.29 is 9.18 Å². The number of amides is 1. The molecule has 1 aromatic rings. The van der Waals surface area contributed by atoms with Crippen LogP contribution in [0.25, 0.3) is 0 Å². The zero-order valence-electron chi connectivity index (χ0n) is 10.1. The van der Waals surface area contributed by atoms with Gasteiger partial charge in [0.15, 0.2) is 0 Å². The minimum atomic E-state index is -0.581. The van der Waals surface area contributed by atoms with Crippen molar-refractivity contribution in [3.05, 3.63) is 29.6 Å². The first kappa shape index (κ1) is 13.2. The molecule has 0 saturated heterocycles.